The zero-order valence-corrected chi connectivity index (χ0v) is 11.7. The van der Waals surface area contributed by atoms with Gasteiger partial charge in [-0.05, 0) is 36.6 Å². The molecule has 1 N–H and O–H groups in total. The van der Waals surface area contributed by atoms with Crippen LogP contribution in [0.2, 0.25) is 0 Å². The Bertz CT molecular complexity index is 683. The number of aromatic nitrogens is 2. The van der Waals surface area contributed by atoms with Crippen LogP contribution in [0.4, 0.5) is 0 Å². The molecule has 0 radical (unpaired) electrons. The highest BCUT2D eigenvalue weighted by atomic mass is 16.4. The molecule has 106 valence electrons. The minimum atomic E-state index is -0.939. The molecule has 1 aromatic carbocycles. The topological polar surface area (TPSA) is 64.2 Å². The second kappa shape index (κ2) is 5.77. The first kappa shape index (κ1) is 14.1. The number of hydrogen-bond acceptors (Lipinski definition) is 2. The Morgan fingerprint density at radius 3 is 2.55 bits per heavy atom. The van der Waals surface area contributed by atoms with Crippen LogP contribution in [0.3, 0.4) is 0 Å². The van der Waals surface area contributed by atoms with Gasteiger partial charge in [-0.3, -0.25) is 9.13 Å². The van der Waals surface area contributed by atoms with E-state index in [4.69, 9.17) is 5.11 Å². The molecule has 0 aliphatic heterocycles. The minimum absolute atomic E-state index is 0.0337. The summed E-state index contributed by atoms with van der Waals surface area (Å²) < 4.78 is 3.32. The third-order valence-electron chi connectivity index (χ3n) is 3.31. The standard InChI is InChI=1S/C15H18N2O3/c1-3-6-16-7-8-17(15(16)20)10-13-5-4-12(14(18)19)9-11(13)2/h4-5,7-9H,3,6,10H2,1-2H3,(H,18,19). The smallest absolute Gasteiger partial charge is 0.335 e. The summed E-state index contributed by atoms with van der Waals surface area (Å²) in [6.07, 6.45) is 4.46. The number of nitrogens with zero attached hydrogens (tertiary/aromatic N) is 2. The molecule has 0 bridgehead atoms. The van der Waals surface area contributed by atoms with Crippen molar-refractivity contribution in [3.05, 3.63) is 57.8 Å². The number of carboxylic acid groups (broad SMARTS) is 1. The van der Waals surface area contributed by atoms with Crippen LogP contribution in [0.25, 0.3) is 0 Å². The molecule has 0 amide bonds. The van der Waals surface area contributed by atoms with Crippen molar-refractivity contribution in [3.63, 3.8) is 0 Å². The molecule has 1 aromatic heterocycles. The molecule has 5 nitrogen and oxygen atoms in total. The molecule has 0 unspecified atom stereocenters. The summed E-state index contributed by atoms with van der Waals surface area (Å²) in [4.78, 5) is 23.0. The maximum Gasteiger partial charge on any atom is 0.335 e. The summed E-state index contributed by atoms with van der Waals surface area (Å²) in [5.74, 6) is -0.939. The van der Waals surface area contributed by atoms with Crippen molar-refractivity contribution in [2.24, 2.45) is 0 Å². The predicted molar refractivity (Wildman–Crippen MR) is 76.2 cm³/mol. The van der Waals surface area contributed by atoms with Crippen molar-refractivity contribution >= 4 is 5.97 Å². The third kappa shape index (κ3) is 2.82. The second-order valence-electron chi connectivity index (χ2n) is 4.85. The van der Waals surface area contributed by atoms with Crippen LogP contribution in [0, 0.1) is 6.92 Å². The van der Waals surface area contributed by atoms with Crippen LogP contribution >= 0.6 is 0 Å². The Kier molecular flexibility index (Phi) is 4.08. The average Bonchev–Trinajstić information content (AvgIpc) is 2.74. The SMILES string of the molecule is CCCn1ccn(Cc2ccc(C(=O)O)cc2C)c1=O. The number of carboxylic acids is 1. The number of carbonyl (C=O) groups is 1. The highest BCUT2D eigenvalue weighted by Gasteiger charge is 2.08. The largest absolute Gasteiger partial charge is 0.478 e. The lowest BCUT2D eigenvalue weighted by molar-refractivity contribution is 0.0697. The molecule has 0 atom stereocenters. The number of aryl methyl sites for hydroxylation is 2. The van der Waals surface area contributed by atoms with E-state index in [0.29, 0.717) is 13.1 Å². The van der Waals surface area contributed by atoms with Crippen LogP contribution in [-0.2, 0) is 13.1 Å². The highest BCUT2D eigenvalue weighted by molar-refractivity contribution is 5.87. The Balaban J connectivity index is 2.26. The fourth-order valence-electron chi connectivity index (χ4n) is 2.17. The molecule has 0 aliphatic rings. The van der Waals surface area contributed by atoms with E-state index in [2.05, 4.69) is 0 Å². The van der Waals surface area contributed by atoms with Crippen LogP contribution in [0.1, 0.15) is 34.8 Å². The molecule has 0 saturated heterocycles. The summed E-state index contributed by atoms with van der Waals surface area (Å²) in [6.45, 7) is 5.05. The number of hydrogen-bond donors (Lipinski definition) is 1. The maximum atomic E-state index is 12.1. The molecule has 0 aliphatic carbocycles. The van der Waals surface area contributed by atoms with Crippen LogP contribution in [0.5, 0.6) is 0 Å². The van der Waals surface area contributed by atoms with Crippen LogP contribution in [-0.4, -0.2) is 20.2 Å². The van der Waals surface area contributed by atoms with Gasteiger partial charge in [0.2, 0.25) is 0 Å². The van der Waals surface area contributed by atoms with Crippen molar-refractivity contribution in [1.82, 2.24) is 9.13 Å². The normalized spacial score (nSPS) is 10.7. The molecule has 2 aromatic rings. The predicted octanol–water partition coefficient (Wildman–Crippen LogP) is 2.11. The van der Waals surface area contributed by atoms with Gasteiger partial charge < -0.3 is 5.11 Å². The summed E-state index contributed by atoms with van der Waals surface area (Å²) in [6, 6.07) is 4.97. The van der Waals surface area contributed by atoms with Gasteiger partial charge >= 0.3 is 11.7 Å². The fourth-order valence-corrected chi connectivity index (χ4v) is 2.17. The molecule has 1 heterocycles. The van der Waals surface area contributed by atoms with E-state index in [1.165, 1.54) is 0 Å². The first-order valence-electron chi connectivity index (χ1n) is 6.61. The van der Waals surface area contributed by atoms with E-state index in [0.717, 1.165) is 17.5 Å². The number of rotatable bonds is 5. The van der Waals surface area contributed by atoms with Crippen LogP contribution in [0.15, 0.2) is 35.4 Å². The Morgan fingerprint density at radius 1 is 1.25 bits per heavy atom. The zero-order valence-electron chi connectivity index (χ0n) is 11.7. The molecular weight excluding hydrogens is 256 g/mol. The summed E-state index contributed by atoms with van der Waals surface area (Å²) >= 11 is 0. The van der Waals surface area contributed by atoms with Gasteiger partial charge in [0.1, 0.15) is 0 Å². The summed E-state index contributed by atoms with van der Waals surface area (Å²) in [7, 11) is 0. The van der Waals surface area contributed by atoms with Crippen molar-refractivity contribution in [3.8, 4) is 0 Å². The quantitative estimate of drug-likeness (QED) is 0.908. The van der Waals surface area contributed by atoms with Gasteiger partial charge in [0.15, 0.2) is 0 Å². The Labute approximate surface area is 117 Å². The molecule has 5 heteroatoms. The van der Waals surface area contributed by atoms with Crippen molar-refractivity contribution in [2.75, 3.05) is 0 Å². The summed E-state index contributed by atoms with van der Waals surface area (Å²) in [5.41, 5.74) is 2.06. The van der Waals surface area contributed by atoms with E-state index < -0.39 is 5.97 Å². The Hall–Kier alpha value is -2.30. The van der Waals surface area contributed by atoms with Crippen molar-refractivity contribution < 1.29 is 9.90 Å². The molecule has 0 saturated carbocycles. The summed E-state index contributed by atoms with van der Waals surface area (Å²) in [5, 5.41) is 8.94. The first-order chi connectivity index (χ1) is 9.52. The molecular formula is C15H18N2O3. The van der Waals surface area contributed by atoms with E-state index in [9.17, 15) is 9.59 Å². The minimum Gasteiger partial charge on any atom is -0.478 e. The number of imidazole rings is 1. The lowest BCUT2D eigenvalue weighted by atomic mass is 10.1. The Morgan fingerprint density at radius 2 is 1.95 bits per heavy atom. The molecule has 20 heavy (non-hydrogen) atoms. The third-order valence-corrected chi connectivity index (χ3v) is 3.31. The number of aromatic carboxylic acids is 1. The first-order valence-corrected chi connectivity index (χ1v) is 6.61. The van der Waals surface area contributed by atoms with Gasteiger partial charge in [-0.15, -0.1) is 0 Å². The van der Waals surface area contributed by atoms with Gasteiger partial charge in [0.05, 0.1) is 12.1 Å². The van der Waals surface area contributed by atoms with Crippen molar-refractivity contribution in [1.29, 1.82) is 0 Å². The van der Waals surface area contributed by atoms with Gasteiger partial charge in [-0.2, -0.15) is 0 Å². The van der Waals surface area contributed by atoms with Gasteiger partial charge in [0.25, 0.3) is 0 Å². The van der Waals surface area contributed by atoms with Crippen molar-refractivity contribution in [2.45, 2.75) is 33.4 Å². The van der Waals surface area contributed by atoms with E-state index >= 15 is 0 Å². The zero-order chi connectivity index (χ0) is 14.7. The fraction of sp³-hybridized carbons (Fsp3) is 0.333. The number of benzene rings is 1. The molecule has 0 spiro atoms. The van der Waals surface area contributed by atoms with Gasteiger partial charge in [0, 0.05) is 18.9 Å². The highest BCUT2D eigenvalue weighted by Crippen LogP contribution is 2.12. The second-order valence-corrected chi connectivity index (χ2v) is 4.85. The maximum absolute atomic E-state index is 12.1. The molecule has 2 rings (SSSR count). The molecule has 0 fully saturated rings. The van der Waals surface area contributed by atoms with E-state index in [1.807, 2.05) is 13.8 Å². The van der Waals surface area contributed by atoms with E-state index in [-0.39, 0.29) is 11.3 Å². The van der Waals surface area contributed by atoms with Crippen LogP contribution < -0.4 is 5.69 Å². The van der Waals surface area contributed by atoms with E-state index in [1.54, 1.807) is 39.7 Å². The average molecular weight is 274 g/mol. The monoisotopic (exact) mass is 274 g/mol. The van der Waals surface area contributed by atoms with Gasteiger partial charge in [-0.25, -0.2) is 9.59 Å². The lowest BCUT2D eigenvalue weighted by Gasteiger charge is -2.07. The lowest BCUT2D eigenvalue weighted by Crippen LogP contribution is -2.24. The van der Waals surface area contributed by atoms with Gasteiger partial charge in [-0.1, -0.05) is 13.0 Å².